The molecule has 2 rings (SSSR count). The van der Waals surface area contributed by atoms with Crippen LogP contribution in [0.2, 0.25) is 0 Å². The maximum absolute atomic E-state index is 11.9. The van der Waals surface area contributed by atoms with E-state index in [2.05, 4.69) is 21.2 Å². The predicted molar refractivity (Wildman–Crippen MR) is 75.1 cm³/mol. The van der Waals surface area contributed by atoms with E-state index in [4.69, 9.17) is 0 Å². The molecule has 0 saturated carbocycles. The van der Waals surface area contributed by atoms with Crippen LogP contribution in [0.4, 0.5) is 0 Å². The number of carbonyl (C=O) groups is 2. The van der Waals surface area contributed by atoms with Crippen molar-refractivity contribution in [2.24, 2.45) is 0 Å². The van der Waals surface area contributed by atoms with Crippen molar-refractivity contribution in [3.05, 3.63) is 34.3 Å². The summed E-state index contributed by atoms with van der Waals surface area (Å²) in [5.41, 5.74) is 0.446. The molecule has 3 N–H and O–H groups in total. The highest BCUT2D eigenvalue weighted by atomic mass is 79.9. The average molecular weight is 343 g/mol. The summed E-state index contributed by atoms with van der Waals surface area (Å²) in [6.07, 6.45) is -1.84. The molecule has 7 heteroatoms. The first-order valence-corrected chi connectivity index (χ1v) is 6.95. The Labute approximate surface area is 124 Å². The summed E-state index contributed by atoms with van der Waals surface area (Å²) in [5.74, 6) is -0.688. The molecule has 1 fully saturated rings. The SMILES string of the molecule is O=C(NCC(=O)N1C[C@@H](O)[C@@H](O)C1)c1ccccc1Br. The topological polar surface area (TPSA) is 89.9 Å². The van der Waals surface area contributed by atoms with E-state index in [1.54, 1.807) is 24.3 Å². The number of likely N-dealkylation sites (tertiary alicyclic amines) is 1. The summed E-state index contributed by atoms with van der Waals surface area (Å²) in [4.78, 5) is 25.1. The van der Waals surface area contributed by atoms with Gasteiger partial charge in [0.05, 0.1) is 24.3 Å². The van der Waals surface area contributed by atoms with Gasteiger partial charge in [0.1, 0.15) is 0 Å². The summed E-state index contributed by atoms with van der Waals surface area (Å²) in [6.45, 7) is 0.00934. The van der Waals surface area contributed by atoms with Gasteiger partial charge in [-0.1, -0.05) is 12.1 Å². The minimum atomic E-state index is -0.919. The van der Waals surface area contributed by atoms with Crippen LogP contribution >= 0.6 is 15.9 Å². The van der Waals surface area contributed by atoms with Gasteiger partial charge in [0.25, 0.3) is 5.91 Å². The van der Waals surface area contributed by atoms with Gasteiger partial charge in [-0.15, -0.1) is 0 Å². The lowest BCUT2D eigenvalue weighted by Gasteiger charge is -2.15. The summed E-state index contributed by atoms with van der Waals surface area (Å²) < 4.78 is 0.650. The standard InChI is InChI=1S/C13H15BrN2O4/c14-9-4-2-1-3-8(9)13(20)15-5-12(19)16-6-10(17)11(18)7-16/h1-4,10-11,17-18H,5-7H2,(H,15,20)/t10-,11+. The van der Waals surface area contributed by atoms with Crippen molar-refractivity contribution < 1.29 is 19.8 Å². The molecule has 1 saturated heterocycles. The number of nitrogens with one attached hydrogen (secondary N) is 1. The normalized spacial score (nSPS) is 21.9. The van der Waals surface area contributed by atoms with Crippen LogP contribution in [-0.2, 0) is 4.79 Å². The van der Waals surface area contributed by atoms with Gasteiger partial charge >= 0.3 is 0 Å². The molecule has 20 heavy (non-hydrogen) atoms. The number of β-amino-alcohol motifs (C(OH)–C–C–N with tert-alkyl or cyclic N) is 2. The number of rotatable bonds is 3. The summed E-state index contributed by atoms with van der Waals surface area (Å²) in [6, 6.07) is 6.91. The second kappa shape index (κ2) is 6.34. The van der Waals surface area contributed by atoms with Gasteiger partial charge in [-0.2, -0.15) is 0 Å². The Kier molecular flexibility index (Phi) is 4.74. The van der Waals surface area contributed by atoms with Crippen molar-refractivity contribution >= 4 is 27.7 Å². The molecule has 1 aliphatic rings. The maximum atomic E-state index is 11.9. The largest absolute Gasteiger partial charge is 0.388 e. The van der Waals surface area contributed by atoms with Crippen LogP contribution in [0.15, 0.2) is 28.7 Å². The predicted octanol–water partition coefficient (Wildman–Crippen LogP) is -0.257. The molecule has 1 aromatic carbocycles. The minimum absolute atomic E-state index is 0.0882. The molecular weight excluding hydrogens is 328 g/mol. The van der Waals surface area contributed by atoms with Crippen LogP contribution in [-0.4, -0.2) is 58.8 Å². The fourth-order valence-corrected chi connectivity index (χ4v) is 2.45. The van der Waals surface area contributed by atoms with Crippen molar-refractivity contribution in [1.82, 2.24) is 10.2 Å². The molecule has 0 radical (unpaired) electrons. The quantitative estimate of drug-likeness (QED) is 0.706. The van der Waals surface area contributed by atoms with E-state index in [1.165, 1.54) is 4.90 Å². The number of carbonyl (C=O) groups excluding carboxylic acids is 2. The molecule has 0 bridgehead atoms. The van der Waals surface area contributed by atoms with Crippen molar-refractivity contribution in [2.45, 2.75) is 12.2 Å². The summed E-state index contributed by atoms with van der Waals surface area (Å²) in [5, 5.41) is 21.3. The van der Waals surface area contributed by atoms with Gasteiger partial charge in [0, 0.05) is 17.6 Å². The van der Waals surface area contributed by atoms with E-state index in [0.29, 0.717) is 10.0 Å². The molecule has 0 unspecified atom stereocenters. The van der Waals surface area contributed by atoms with Crippen molar-refractivity contribution in [3.8, 4) is 0 Å². The molecule has 6 nitrogen and oxygen atoms in total. The molecule has 2 amide bonds. The lowest BCUT2D eigenvalue weighted by Crippen LogP contribution is -2.39. The molecule has 1 aliphatic heterocycles. The molecule has 1 heterocycles. The van der Waals surface area contributed by atoms with E-state index < -0.39 is 12.2 Å². The minimum Gasteiger partial charge on any atom is -0.388 e. The molecule has 1 aromatic rings. The number of aliphatic hydroxyl groups is 2. The molecule has 108 valence electrons. The zero-order chi connectivity index (χ0) is 14.7. The number of amides is 2. The van der Waals surface area contributed by atoms with Gasteiger partial charge in [0.2, 0.25) is 5.91 Å². The Morgan fingerprint density at radius 2 is 1.85 bits per heavy atom. The Bertz CT molecular complexity index is 513. The first-order valence-electron chi connectivity index (χ1n) is 6.15. The summed E-state index contributed by atoms with van der Waals surface area (Å²) >= 11 is 3.26. The second-order valence-electron chi connectivity index (χ2n) is 4.60. The molecular formula is C13H15BrN2O4. The Hall–Kier alpha value is -1.44. The van der Waals surface area contributed by atoms with Crippen molar-refractivity contribution in [3.63, 3.8) is 0 Å². The van der Waals surface area contributed by atoms with Gasteiger partial charge in [-0.3, -0.25) is 9.59 Å². The van der Waals surface area contributed by atoms with E-state index in [9.17, 15) is 19.8 Å². The zero-order valence-electron chi connectivity index (χ0n) is 10.6. The molecule has 0 aliphatic carbocycles. The smallest absolute Gasteiger partial charge is 0.252 e. The lowest BCUT2D eigenvalue weighted by molar-refractivity contribution is -0.129. The fraction of sp³-hybridized carbons (Fsp3) is 0.385. The van der Waals surface area contributed by atoms with E-state index in [1.807, 2.05) is 0 Å². The van der Waals surface area contributed by atoms with E-state index in [-0.39, 0.29) is 31.4 Å². The van der Waals surface area contributed by atoms with Crippen molar-refractivity contribution in [2.75, 3.05) is 19.6 Å². The number of nitrogens with zero attached hydrogens (tertiary/aromatic N) is 1. The van der Waals surface area contributed by atoms with Crippen LogP contribution in [0.5, 0.6) is 0 Å². The molecule has 2 atom stereocenters. The highest BCUT2D eigenvalue weighted by molar-refractivity contribution is 9.10. The van der Waals surface area contributed by atoms with Crippen LogP contribution < -0.4 is 5.32 Å². The number of hydrogen-bond donors (Lipinski definition) is 3. The van der Waals surface area contributed by atoms with Crippen LogP contribution in [0.3, 0.4) is 0 Å². The van der Waals surface area contributed by atoms with Gasteiger partial charge in [-0.25, -0.2) is 0 Å². The first-order chi connectivity index (χ1) is 9.49. The third-order valence-electron chi connectivity index (χ3n) is 3.13. The van der Waals surface area contributed by atoms with Gasteiger partial charge in [0.15, 0.2) is 0 Å². The molecule has 0 spiro atoms. The second-order valence-corrected chi connectivity index (χ2v) is 5.45. The summed E-state index contributed by atoms with van der Waals surface area (Å²) in [7, 11) is 0. The zero-order valence-corrected chi connectivity index (χ0v) is 12.2. The third-order valence-corrected chi connectivity index (χ3v) is 3.82. The maximum Gasteiger partial charge on any atom is 0.252 e. The monoisotopic (exact) mass is 342 g/mol. The van der Waals surface area contributed by atoms with E-state index >= 15 is 0 Å². The Morgan fingerprint density at radius 1 is 1.25 bits per heavy atom. The highest BCUT2D eigenvalue weighted by Crippen LogP contribution is 2.15. The number of benzene rings is 1. The Morgan fingerprint density at radius 3 is 2.45 bits per heavy atom. The van der Waals surface area contributed by atoms with Crippen molar-refractivity contribution in [1.29, 1.82) is 0 Å². The average Bonchev–Trinajstić information content (AvgIpc) is 2.76. The fourth-order valence-electron chi connectivity index (χ4n) is 1.98. The Balaban J connectivity index is 1.88. The highest BCUT2D eigenvalue weighted by Gasteiger charge is 2.32. The molecule has 0 aromatic heterocycles. The number of hydrogen-bond acceptors (Lipinski definition) is 4. The number of halogens is 1. The third kappa shape index (κ3) is 3.36. The lowest BCUT2D eigenvalue weighted by atomic mass is 10.2. The van der Waals surface area contributed by atoms with Crippen LogP contribution in [0.1, 0.15) is 10.4 Å². The first kappa shape index (κ1) is 15.0. The number of aliphatic hydroxyl groups excluding tert-OH is 2. The van der Waals surface area contributed by atoms with Crippen LogP contribution in [0, 0.1) is 0 Å². The van der Waals surface area contributed by atoms with Gasteiger partial charge < -0.3 is 20.4 Å². The van der Waals surface area contributed by atoms with E-state index in [0.717, 1.165) is 0 Å². The van der Waals surface area contributed by atoms with Gasteiger partial charge in [-0.05, 0) is 28.1 Å². The van der Waals surface area contributed by atoms with Crippen LogP contribution in [0.25, 0.3) is 0 Å².